The van der Waals surface area contributed by atoms with E-state index in [9.17, 15) is 9.90 Å². The number of hydrogen-bond donors (Lipinski definition) is 1. The summed E-state index contributed by atoms with van der Waals surface area (Å²) in [5, 5.41) is 20.1. The standard InChI is InChI=1S/C9H14N4O2/c14-8(15)9(4-2-1-3-5-9)6-13-7-10-11-12-13/h7H,1-6H2,(H,14,15). The Morgan fingerprint density at radius 1 is 1.40 bits per heavy atom. The van der Waals surface area contributed by atoms with Gasteiger partial charge in [0, 0.05) is 0 Å². The van der Waals surface area contributed by atoms with Crippen molar-refractivity contribution in [3.05, 3.63) is 6.33 Å². The van der Waals surface area contributed by atoms with Crippen molar-refractivity contribution in [1.82, 2.24) is 20.2 Å². The molecule has 0 aromatic carbocycles. The first kappa shape index (κ1) is 10.1. The van der Waals surface area contributed by atoms with Gasteiger partial charge in [-0.15, -0.1) is 5.10 Å². The van der Waals surface area contributed by atoms with Crippen LogP contribution < -0.4 is 0 Å². The number of rotatable bonds is 3. The normalized spacial score (nSPS) is 20.0. The Balaban J connectivity index is 2.15. The fourth-order valence-corrected chi connectivity index (χ4v) is 2.23. The van der Waals surface area contributed by atoms with Gasteiger partial charge in [0.1, 0.15) is 6.33 Å². The van der Waals surface area contributed by atoms with E-state index in [-0.39, 0.29) is 0 Å². The van der Waals surface area contributed by atoms with Crippen LogP contribution in [0.2, 0.25) is 0 Å². The van der Waals surface area contributed by atoms with Gasteiger partial charge in [0.2, 0.25) is 0 Å². The molecule has 0 atom stereocenters. The third-order valence-electron chi connectivity index (χ3n) is 3.12. The first-order valence-corrected chi connectivity index (χ1v) is 5.17. The largest absolute Gasteiger partial charge is 0.481 e. The van der Waals surface area contributed by atoms with E-state index in [1.165, 1.54) is 11.0 Å². The highest BCUT2D eigenvalue weighted by molar-refractivity contribution is 5.74. The SMILES string of the molecule is O=C(O)C1(Cn2cnnn2)CCCCC1. The maximum Gasteiger partial charge on any atom is 0.311 e. The monoisotopic (exact) mass is 210 g/mol. The summed E-state index contributed by atoms with van der Waals surface area (Å²) in [5.74, 6) is -0.724. The van der Waals surface area contributed by atoms with Crippen LogP contribution in [0.5, 0.6) is 0 Å². The van der Waals surface area contributed by atoms with Crippen LogP contribution in [0.3, 0.4) is 0 Å². The lowest BCUT2D eigenvalue weighted by atomic mass is 9.74. The Labute approximate surface area is 87.3 Å². The fraction of sp³-hybridized carbons (Fsp3) is 0.778. The van der Waals surface area contributed by atoms with Gasteiger partial charge in [-0.1, -0.05) is 19.3 Å². The van der Waals surface area contributed by atoms with Gasteiger partial charge >= 0.3 is 5.97 Å². The smallest absolute Gasteiger partial charge is 0.311 e. The lowest BCUT2D eigenvalue weighted by Crippen LogP contribution is -2.37. The maximum absolute atomic E-state index is 11.3. The highest BCUT2D eigenvalue weighted by atomic mass is 16.4. The van der Waals surface area contributed by atoms with Gasteiger partial charge in [-0.3, -0.25) is 4.79 Å². The molecule has 0 saturated heterocycles. The minimum absolute atomic E-state index is 0.384. The number of nitrogens with zero attached hydrogens (tertiary/aromatic N) is 4. The van der Waals surface area contributed by atoms with E-state index in [1.54, 1.807) is 0 Å². The zero-order chi connectivity index (χ0) is 10.7. The van der Waals surface area contributed by atoms with Gasteiger partial charge in [-0.2, -0.15) is 0 Å². The Morgan fingerprint density at radius 2 is 2.13 bits per heavy atom. The van der Waals surface area contributed by atoms with Crippen LogP contribution >= 0.6 is 0 Å². The molecule has 1 aromatic heterocycles. The summed E-state index contributed by atoms with van der Waals surface area (Å²) in [6, 6.07) is 0. The number of hydrogen-bond acceptors (Lipinski definition) is 4. The van der Waals surface area contributed by atoms with Crippen molar-refractivity contribution in [2.75, 3.05) is 0 Å². The summed E-state index contributed by atoms with van der Waals surface area (Å²) in [4.78, 5) is 11.3. The fourth-order valence-electron chi connectivity index (χ4n) is 2.23. The molecule has 0 unspecified atom stereocenters. The van der Waals surface area contributed by atoms with Gasteiger partial charge in [-0.05, 0) is 23.3 Å². The number of carboxylic acids is 1. The van der Waals surface area contributed by atoms with Gasteiger partial charge in [-0.25, -0.2) is 4.68 Å². The van der Waals surface area contributed by atoms with E-state index in [2.05, 4.69) is 15.5 Å². The molecule has 82 valence electrons. The molecule has 0 bridgehead atoms. The molecule has 1 saturated carbocycles. The maximum atomic E-state index is 11.3. The van der Waals surface area contributed by atoms with Crippen molar-refractivity contribution in [3.8, 4) is 0 Å². The van der Waals surface area contributed by atoms with E-state index >= 15 is 0 Å². The molecule has 2 rings (SSSR count). The second kappa shape index (κ2) is 3.96. The molecule has 1 aliphatic carbocycles. The van der Waals surface area contributed by atoms with Crippen molar-refractivity contribution in [1.29, 1.82) is 0 Å². The van der Waals surface area contributed by atoms with Crippen LogP contribution in [0.25, 0.3) is 0 Å². The van der Waals surface area contributed by atoms with Gasteiger partial charge in [0.25, 0.3) is 0 Å². The van der Waals surface area contributed by atoms with Gasteiger partial charge in [0.05, 0.1) is 12.0 Å². The lowest BCUT2D eigenvalue weighted by molar-refractivity contribution is -0.152. The average Bonchev–Trinajstić information content (AvgIpc) is 2.71. The third kappa shape index (κ3) is 1.98. The zero-order valence-corrected chi connectivity index (χ0v) is 8.46. The molecule has 6 heteroatoms. The van der Waals surface area contributed by atoms with Crippen LogP contribution in [-0.2, 0) is 11.3 Å². The predicted octanol–water partition coefficient (Wildman–Crippen LogP) is 0.708. The summed E-state index contributed by atoms with van der Waals surface area (Å²) in [7, 11) is 0. The van der Waals surface area contributed by atoms with E-state index in [0.29, 0.717) is 6.54 Å². The Hall–Kier alpha value is -1.46. The van der Waals surface area contributed by atoms with E-state index in [1.807, 2.05) is 0 Å². The van der Waals surface area contributed by atoms with E-state index in [0.717, 1.165) is 32.1 Å². The first-order chi connectivity index (χ1) is 7.23. The highest BCUT2D eigenvalue weighted by Crippen LogP contribution is 2.37. The second-order valence-electron chi connectivity index (χ2n) is 4.15. The minimum Gasteiger partial charge on any atom is -0.481 e. The average molecular weight is 210 g/mol. The van der Waals surface area contributed by atoms with Crippen LogP contribution in [0.15, 0.2) is 6.33 Å². The number of carboxylic acid groups (broad SMARTS) is 1. The van der Waals surface area contributed by atoms with Crippen LogP contribution in [0.4, 0.5) is 0 Å². The van der Waals surface area contributed by atoms with Gasteiger partial charge < -0.3 is 5.11 Å². The summed E-state index contributed by atoms with van der Waals surface area (Å²) in [5.41, 5.74) is -0.659. The molecule has 6 nitrogen and oxygen atoms in total. The van der Waals surface area contributed by atoms with Crippen LogP contribution in [-0.4, -0.2) is 31.3 Å². The summed E-state index contributed by atoms with van der Waals surface area (Å²) in [6.07, 6.45) is 6.01. The van der Waals surface area contributed by atoms with Crippen molar-refractivity contribution in [2.24, 2.45) is 5.41 Å². The van der Waals surface area contributed by atoms with Crippen LogP contribution in [0, 0.1) is 5.41 Å². The summed E-state index contributed by atoms with van der Waals surface area (Å²) < 4.78 is 1.51. The van der Waals surface area contributed by atoms with Gasteiger partial charge in [0.15, 0.2) is 0 Å². The molecule has 1 heterocycles. The molecule has 0 spiro atoms. The molecule has 1 fully saturated rings. The third-order valence-corrected chi connectivity index (χ3v) is 3.12. The van der Waals surface area contributed by atoms with Crippen LogP contribution in [0.1, 0.15) is 32.1 Å². The number of aromatic nitrogens is 4. The van der Waals surface area contributed by atoms with Crippen molar-refractivity contribution in [2.45, 2.75) is 38.6 Å². The number of tetrazole rings is 1. The molecule has 0 amide bonds. The molecule has 0 radical (unpaired) electrons. The quantitative estimate of drug-likeness (QED) is 0.794. The predicted molar refractivity (Wildman–Crippen MR) is 51.0 cm³/mol. The first-order valence-electron chi connectivity index (χ1n) is 5.17. The molecule has 15 heavy (non-hydrogen) atoms. The molecule has 1 aromatic rings. The number of aliphatic carboxylic acids is 1. The Morgan fingerprint density at radius 3 is 2.67 bits per heavy atom. The van der Waals surface area contributed by atoms with Crippen molar-refractivity contribution in [3.63, 3.8) is 0 Å². The van der Waals surface area contributed by atoms with E-state index in [4.69, 9.17) is 0 Å². The Bertz CT molecular complexity index is 330. The Kier molecular flexibility index (Phi) is 2.66. The molecular weight excluding hydrogens is 196 g/mol. The minimum atomic E-state index is -0.724. The highest BCUT2D eigenvalue weighted by Gasteiger charge is 2.40. The molecule has 1 N–H and O–H groups in total. The summed E-state index contributed by atoms with van der Waals surface area (Å²) in [6.45, 7) is 0.384. The second-order valence-corrected chi connectivity index (χ2v) is 4.15. The topological polar surface area (TPSA) is 80.9 Å². The molecule has 0 aliphatic heterocycles. The van der Waals surface area contributed by atoms with E-state index < -0.39 is 11.4 Å². The number of carbonyl (C=O) groups is 1. The van der Waals surface area contributed by atoms with Crippen molar-refractivity contribution >= 4 is 5.97 Å². The van der Waals surface area contributed by atoms with Crippen molar-refractivity contribution < 1.29 is 9.90 Å². The zero-order valence-electron chi connectivity index (χ0n) is 8.46. The summed E-state index contributed by atoms with van der Waals surface area (Å²) >= 11 is 0. The molecular formula is C9H14N4O2. The lowest BCUT2D eigenvalue weighted by Gasteiger charge is -2.32. The molecule has 1 aliphatic rings.